The molecule has 3 N–H and O–H groups in total. The van der Waals surface area contributed by atoms with Gasteiger partial charge in [-0.1, -0.05) is 32.6 Å². The van der Waals surface area contributed by atoms with Crippen LogP contribution in [-0.4, -0.2) is 40.5 Å². The Morgan fingerprint density at radius 3 is 2.37 bits per heavy atom. The summed E-state index contributed by atoms with van der Waals surface area (Å²) in [5, 5.41) is 9.13. The molecule has 0 saturated heterocycles. The third-order valence-electron chi connectivity index (χ3n) is 4.22. The minimum Gasteiger partial charge on any atom is -0.481 e. The number of aliphatic carboxylic acids is 1. The molecule has 0 spiro atoms. The van der Waals surface area contributed by atoms with Crippen molar-refractivity contribution in [1.29, 1.82) is 0 Å². The molecule has 1 aliphatic rings. The van der Waals surface area contributed by atoms with Gasteiger partial charge in [0.25, 0.3) is 0 Å². The molecule has 0 aromatic carbocycles. The summed E-state index contributed by atoms with van der Waals surface area (Å²) >= 11 is 0. The van der Waals surface area contributed by atoms with Crippen molar-refractivity contribution in [1.82, 2.24) is 4.90 Å². The summed E-state index contributed by atoms with van der Waals surface area (Å²) in [5.41, 5.74) is 5.35. The summed E-state index contributed by atoms with van der Waals surface area (Å²) in [6.07, 6.45) is 6.13. The molecule has 1 saturated carbocycles. The number of amides is 1. The number of carbonyl (C=O) groups is 2. The number of likely N-dealkylation sites (N-methyl/N-ethyl adjacent to an activating group) is 1. The summed E-state index contributed by atoms with van der Waals surface area (Å²) in [4.78, 5) is 25.1. The third-order valence-corrected chi connectivity index (χ3v) is 4.22. The van der Waals surface area contributed by atoms with Gasteiger partial charge in [-0.05, 0) is 19.3 Å². The summed E-state index contributed by atoms with van der Waals surface area (Å²) in [6, 6.07) is -0.511. The van der Waals surface area contributed by atoms with E-state index in [-0.39, 0.29) is 12.3 Å². The van der Waals surface area contributed by atoms with Gasteiger partial charge in [0.2, 0.25) is 5.91 Å². The van der Waals surface area contributed by atoms with Gasteiger partial charge >= 0.3 is 5.97 Å². The number of carbonyl (C=O) groups excluding carboxylic acids is 1. The van der Waals surface area contributed by atoms with Gasteiger partial charge in [-0.3, -0.25) is 9.59 Å². The molecule has 0 radical (unpaired) electrons. The van der Waals surface area contributed by atoms with E-state index in [2.05, 4.69) is 0 Å². The number of nitrogens with zero attached hydrogens (tertiary/aromatic N) is 1. The van der Waals surface area contributed by atoms with E-state index >= 15 is 0 Å². The van der Waals surface area contributed by atoms with Crippen LogP contribution < -0.4 is 5.73 Å². The van der Waals surface area contributed by atoms with E-state index in [4.69, 9.17) is 10.8 Å². The minimum absolute atomic E-state index is 0.0219. The first kappa shape index (κ1) is 16.0. The van der Waals surface area contributed by atoms with E-state index in [1.54, 1.807) is 11.9 Å². The molecular weight excluding hydrogens is 244 g/mol. The fourth-order valence-electron chi connectivity index (χ4n) is 3.04. The van der Waals surface area contributed by atoms with E-state index in [1.165, 1.54) is 0 Å². The predicted octanol–water partition coefficient (Wildman–Crippen LogP) is 1.75. The first-order valence-electron chi connectivity index (χ1n) is 7.18. The van der Waals surface area contributed by atoms with Crippen molar-refractivity contribution in [3.05, 3.63) is 0 Å². The van der Waals surface area contributed by atoms with Crippen LogP contribution in [-0.2, 0) is 9.59 Å². The highest BCUT2D eigenvalue weighted by molar-refractivity contribution is 5.83. The lowest BCUT2D eigenvalue weighted by Crippen LogP contribution is -2.56. The van der Waals surface area contributed by atoms with Crippen LogP contribution in [0.3, 0.4) is 0 Å². The Labute approximate surface area is 115 Å². The zero-order valence-electron chi connectivity index (χ0n) is 12.0. The number of carboxylic acids is 1. The molecule has 0 aliphatic heterocycles. The van der Waals surface area contributed by atoms with Crippen molar-refractivity contribution >= 4 is 11.9 Å². The fourth-order valence-corrected chi connectivity index (χ4v) is 3.04. The van der Waals surface area contributed by atoms with Crippen LogP contribution in [0.4, 0.5) is 0 Å². The molecule has 110 valence electrons. The van der Waals surface area contributed by atoms with Crippen LogP contribution >= 0.6 is 0 Å². The maximum Gasteiger partial charge on any atom is 0.305 e. The molecule has 1 atom stereocenters. The summed E-state index contributed by atoms with van der Waals surface area (Å²) in [7, 11) is 1.71. The van der Waals surface area contributed by atoms with Gasteiger partial charge in [-0.15, -0.1) is 0 Å². The Kier molecular flexibility index (Phi) is 5.79. The standard InChI is InChI=1S/C14H26N2O3/c1-3-7-11(15)13(19)16(2)14(10-12(17)18)8-5-4-6-9-14/h11H,3-10,15H2,1-2H3,(H,17,18). The van der Waals surface area contributed by atoms with E-state index < -0.39 is 17.6 Å². The number of hydrogen-bond acceptors (Lipinski definition) is 3. The van der Waals surface area contributed by atoms with Crippen molar-refractivity contribution in [2.24, 2.45) is 5.73 Å². The number of rotatable bonds is 6. The topological polar surface area (TPSA) is 83.6 Å². The summed E-state index contributed by atoms with van der Waals surface area (Å²) < 4.78 is 0. The Morgan fingerprint density at radius 1 is 1.32 bits per heavy atom. The Bertz CT molecular complexity index is 325. The highest BCUT2D eigenvalue weighted by atomic mass is 16.4. The third kappa shape index (κ3) is 3.93. The molecule has 5 heteroatoms. The van der Waals surface area contributed by atoms with Crippen molar-refractivity contribution in [3.8, 4) is 0 Å². The molecule has 1 unspecified atom stereocenters. The second-order valence-electron chi connectivity index (χ2n) is 5.65. The normalized spacial score (nSPS) is 19.7. The lowest BCUT2D eigenvalue weighted by atomic mass is 9.77. The van der Waals surface area contributed by atoms with Gasteiger partial charge in [0.15, 0.2) is 0 Å². The smallest absolute Gasteiger partial charge is 0.305 e. The minimum atomic E-state index is -0.842. The molecule has 0 bridgehead atoms. The van der Waals surface area contributed by atoms with E-state index in [1.807, 2.05) is 6.92 Å². The van der Waals surface area contributed by atoms with E-state index in [0.717, 1.165) is 38.5 Å². The maximum atomic E-state index is 12.3. The molecule has 1 rings (SSSR count). The molecule has 19 heavy (non-hydrogen) atoms. The van der Waals surface area contributed by atoms with Gasteiger partial charge in [0.05, 0.1) is 18.0 Å². The second kappa shape index (κ2) is 6.89. The van der Waals surface area contributed by atoms with Crippen molar-refractivity contribution < 1.29 is 14.7 Å². The Hall–Kier alpha value is -1.10. The molecule has 5 nitrogen and oxygen atoms in total. The van der Waals surface area contributed by atoms with Crippen molar-refractivity contribution in [3.63, 3.8) is 0 Å². The van der Waals surface area contributed by atoms with Crippen molar-refractivity contribution in [2.45, 2.75) is 69.9 Å². The average Bonchev–Trinajstić information content (AvgIpc) is 2.37. The Morgan fingerprint density at radius 2 is 1.89 bits per heavy atom. The highest BCUT2D eigenvalue weighted by Crippen LogP contribution is 2.36. The maximum absolute atomic E-state index is 12.3. The zero-order valence-corrected chi connectivity index (χ0v) is 12.0. The highest BCUT2D eigenvalue weighted by Gasteiger charge is 2.41. The van der Waals surface area contributed by atoms with Crippen LogP contribution in [0.2, 0.25) is 0 Å². The molecule has 1 aliphatic carbocycles. The summed E-state index contributed by atoms with van der Waals surface area (Å²) in [5.74, 6) is -0.962. The van der Waals surface area contributed by atoms with Crippen LogP contribution in [0.15, 0.2) is 0 Å². The first-order chi connectivity index (χ1) is 8.93. The average molecular weight is 270 g/mol. The van der Waals surface area contributed by atoms with Crippen LogP contribution in [0.5, 0.6) is 0 Å². The fraction of sp³-hybridized carbons (Fsp3) is 0.857. The Balaban J connectivity index is 2.84. The molecule has 1 amide bonds. The molecular formula is C14H26N2O3. The molecule has 0 aromatic rings. The monoisotopic (exact) mass is 270 g/mol. The van der Waals surface area contributed by atoms with Gasteiger partial charge in [0.1, 0.15) is 0 Å². The quantitative estimate of drug-likeness (QED) is 0.770. The van der Waals surface area contributed by atoms with Gasteiger partial charge < -0.3 is 15.7 Å². The SMILES string of the molecule is CCCC(N)C(=O)N(C)C1(CC(=O)O)CCCCC1. The molecule has 0 aromatic heterocycles. The van der Waals surface area contributed by atoms with Crippen LogP contribution in [0.1, 0.15) is 58.3 Å². The number of hydrogen-bond donors (Lipinski definition) is 2. The summed E-state index contributed by atoms with van der Waals surface area (Å²) in [6.45, 7) is 1.99. The van der Waals surface area contributed by atoms with Gasteiger partial charge in [0, 0.05) is 7.05 Å². The number of carboxylic acid groups (broad SMARTS) is 1. The van der Waals surface area contributed by atoms with Crippen LogP contribution in [0.25, 0.3) is 0 Å². The molecule has 0 heterocycles. The largest absolute Gasteiger partial charge is 0.481 e. The van der Waals surface area contributed by atoms with E-state index in [9.17, 15) is 9.59 Å². The van der Waals surface area contributed by atoms with Crippen LogP contribution in [0, 0.1) is 0 Å². The van der Waals surface area contributed by atoms with Crippen molar-refractivity contribution in [2.75, 3.05) is 7.05 Å². The van der Waals surface area contributed by atoms with Gasteiger partial charge in [-0.25, -0.2) is 0 Å². The second-order valence-corrected chi connectivity index (χ2v) is 5.65. The predicted molar refractivity (Wildman–Crippen MR) is 73.7 cm³/mol. The lowest BCUT2D eigenvalue weighted by Gasteiger charge is -2.44. The molecule has 1 fully saturated rings. The lowest BCUT2D eigenvalue weighted by molar-refractivity contribution is -0.146. The van der Waals surface area contributed by atoms with E-state index in [0.29, 0.717) is 6.42 Å². The number of nitrogens with two attached hydrogens (primary N) is 1. The first-order valence-corrected chi connectivity index (χ1v) is 7.18. The zero-order chi connectivity index (χ0) is 14.5. The van der Waals surface area contributed by atoms with Gasteiger partial charge in [-0.2, -0.15) is 0 Å².